The second-order valence-corrected chi connectivity index (χ2v) is 5.17. The Bertz CT molecular complexity index is 614. The largest absolute Gasteiger partial charge is 0.395 e. The summed E-state index contributed by atoms with van der Waals surface area (Å²) in [4.78, 5) is 2.28. The number of aromatic nitrogens is 2. The van der Waals surface area contributed by atoms with Crippen LogP contribution in [0.3, 0.4) is 0 Å². The number of nitrogen functional groups attached to an aromatic ring is 1. The van der Waals surface area contributed by atoms with Crippen molar-refractivity contribution in [1.29, 1.82) is 0 Å². The van der Waals surface area contributed by atoms with Crippen molar-refractivity contribution in [3.8, 4) is 0 Å². The van der Waals surface area contributed by atoms with Crippen molar-refractivity contribution in [3.63, 3.8) is 0 Å². The molecular formula is C13H17N3S. The first-order valence-electron chi connectivity index (χ1n) is 5.63. The summed E-state index contributed by atoms with van der Waals surface area (Å²) in [5.41, 5.74) is 10.0. The second-order valence-electron chi connectivity index (χ2n) is 3.97. The number of nitrogens with zero attached hydrogens (tertiary/aromatic N) is 2. The van der Waals surface area contributed by atoms with Crippen molar-refractivity contribution in [3.05, 3.63) is 34.5 Å². The molecule has 4 heteroatoms. The van der Waals surface area contributed by atoms with Gasteiger partial charge in [0.2, 0.25) is 0 Å². The zero-order valence-corrected chi connectivity index (χ0v) is 11.4. The first-order chi connectivity index (χ1) is 8.10. The van der Waals surface area contributed by atoms with E-state index in [1.807, 2.05) is 31.4 Å². The molecule has 0 aliphatic heterocycles. The van der Waals surface area contributed by atoms with Crippen LogP contribution in [-0.2, 0) is 0 Å². The van der Waals surface area contributed by atoms with Crippen molar-refractivity contribution in [2.24, 2.45) is 0 Å². The van der Waals surface area contributed by atoms with Crippen molar-refractivity contribution < 1.29 is 0 Å². The van der Waals surface area contributed by atoms with Gasteiger partial charge in [0.25, 0.3) is 0 Å². The van der Waals surface area contributed by atoms with Gasteiger partial charge in [-0.05, 0) is 33.3 Å². The van der Waals surface area contributed by atoms with Gasteiger partial charge in [0.15, 0.2) is 0 Å². The summed E-state index contributed by atoms with van der Waals surface area (Å²) in [5, 5.41) is 4.51. The molecule has 0 unspecified atom stereocenters. The maximum absolute atomic E-state index is 6.03. The van der Waals surface area contributed by atoms with Crippen molar-refractivity contribution >= 4 is 27.4 Å². The third kappa shape index (κ3) is 1.78. The lowest BCUT2D eigenvalue weighted by atomic mass is 10.1. The van der Waals surface area contributed by atoms with Crippen molar-refractivity contribution in [1.82, 2.24) is 9.61 Å². The van der Waals surface area contributed by atoms with Gasteiger partial charge in [-0.15, -0.1) is 11.3 Å². The van der Waals surface area contributed by atoms with Crippen LogP contribution in [0.15, 0.2) is 18.2 Å². The van der Waals surface area contributed by atoms with E-state index in [1.54, 1.807) is 11.3 Å². The van der Waals surface area contributed by atoms with Crippen LogP contribution in [-0.4, -0.2) is 9.61 Å². The number of anilines is 1. The van der Waals surface area contributed by atoms with Gasteiger partial charge >= 0.3 is 0 Å². The number of hydrogen-bond acceptors (Lipinski definition) is 3. The summed E-state index contributed by atoms with van der Waals surface area (Å²) in [5.74, 6) is 0. The summed E-state index contributed by atoms with van der Waals surface area (Å²) < 4.78 is 1.96. The number of nitrogens with two attached hydrogens (primary N) is 1. The van der Waals surface area contributed by atoms with Crippen LogP contribution in [0, 0.1) is 13.8 Å². The normalized spacial score (nSPS) is 13.1. The molecule has 2 N–H and O–H groups in total. The number of allylic oxidation sites excluding steroid dienone is 4. The fourth-order valence-electron chi connectivity index (χ4n) is 1.93. The fourth-order valence-corrected chi connectivity index (χ4v) is 2.99. The lowest BCUT2D eigenvalue weighted by Gasteiger charge is -2.01. The minimum Gasteiger partial charge on any atom is -0.395 e. The van der Waals surface area contributed by atoms with Crippen molar-refractivity contribution in [2.75, 3.05) is 5.73 Å². The number of thiazole rings is 1. The lowest BCUT2D eigenvalue weighted by molar-refractivity contribution is 0.928. The van der Waals surface area contributed by atoms with Gasteiger partial charge < -0.3 is 5.73 Å². The first kappa shape index (κ1) is 11.9. The van der Waals surface area contributed by atoms with Crippen LogP contribution in [0.25, 0.3) is 10.4 Å². The molecule has 17 heavy (non-hydrogen) atoms. The van der Waals surface area contributed by atoms with Gasteiger partial charge in [0, 0.05) is 4.88 Å². The Kier molecular flexibility index (Phi) is 3.07. The van der Waals surface area contributed by atoms with Gasteiger partial charge in [-0.25, -0.2) is 4.52 Å². The molecule has 0 fully saturated rings. The van der Waals surface area contributed by atoms with Crippen LogP contribution < -0.4 is 5.73 Å². The molecule has 90 valence electrons. The molecule has 0 aliphatic carbocycles. The van der Waals surface area contributed by atoms with Crippen molar-refractivity contribution in [2.45, 2.75) is 27.7 Å². The van der Waals surface area contributed by atoms with Crippen LogP contribution >= 0.6 is 11.3 Å². The molecule has 0 aliphatic rings. The van der Waals surface area contributed by atoms with Gasteiger partial charge in [0.1, 0.15) is 4.83 Å². The molecule has 0 atom stereocenters. The van der Waals surface area contributed by atoms with E-state index in [1.165, 1.54) is 10.5 Å². The SMILES string of the molecule is C/C=C\C(=C/C)c1c(C)sc2c(N)c(C)nn12. The highest BCUT2D eigenvalue weighted by Gasteiger charge is 2.16. The minimum absolute atomic E-state index is 0.792. The standard InChI is InChI=1S/C13H17N3S/c1-5-7-10(6-2)12-9(4)17-13-11(14)8(3)15-16(12)13/h5-7H,14H2,1-4H3/b7-5-,10-6+. The summed E-state index contributed by atoms with van der Waals surface area (Å²) in [6, 6.07) is 0. The highest BCUT2D eigenvalue weighted by atomic mass is 32.1. The van der Waals surface area contributed by atoms with Crippen LogP contribution in [0.2, 0.25) is 0 Å². The zero-order chi connectivity index (χ0) is 12.6. The van der Waals surface area contributed by atoms with E-state index in [2.05, 4.69) is 24.2 Å². The fraction of sp³-hybridized carbons (Fsp3) is 0.308. The molecule has 0 radical (unpaired) electrons. The van der Waals surface area contributed by atoms with E-state index in [9.17, 15) is 0 Å². The molecule has 2 aromatic rings. The van der Waals surface area contributed by atoms with E-state index in [0.717, 1.165) is 21.9 Å². The minimum atomic E-state index is 0.792. The monoisotopic (exact) mass is 247 g/mol. The van der Waals surface area contributed by atoms with Gasteiger partial charge in [-0.2, -0.15) is 5.10 Å². The molecule has 0 bridgehead atoms. The molecule has 2 aromatic heterocycles. The molecule has 3 nitrogen and oxygen atoms in total. The Morgan fingerprint density at radius 1 is 1.35 bits per heavy atom. The molecule has 0 amide bonds. The summed E-state index contributed by atoms with van der Waals surface area (Å²) >= 11 is 1.70. The van der Waals surface area contributed by atoms with E-state index < -0.39 is 0 Å². The van der Waals surface area contributed by atoms with Gasteiger partial charge in [0.05, 0.1) is 17.1 Å². The Morgan fingerprint density at radius 3 is 2.65 bits per heavy atom. The molecule has 2 rings (SSSR count). The Balaban J connectivity index is 2.76. The number of hydrogen-bond donors (Lipinski definition) is 1. The molecule has 0 saturated heterocycles. The summed E-state index contributed by atoms with van der Waals surface area (Å²) in [7, 11) is 0. The molecular weight excluding hydrogens is 230 g/mol. The first-order valence-corrected chi connectivity index (χ1v) is 6.45. The van der Waals surface area contributed by atoms with Crippen LogP contribution in [0.1, 0.15) is 30.1 Å². The van der Waals surface area contributed by atoms with E-state index in [0.29, 0.717) is 0 Å². The number of rotatable bonds is 2. The predicted octanol–water partition coefficient (Wildman–Crippen LogP) is 3.57. The Hall–Kier alpha value is -1.55. The van der Waals surface area contributed by atoms with E-state index in [-0.39, 0.29) is 0 Å². The smallest absolute Gasteiger partial charge is 0.143 e. The third-order valence-corrected chi connectivity index (χ3v) is 3.87. The quantitative estimate of drug-likeness (QED) is 0.824. The second kappa shape index (κ2) is 4.37. The highest BCUT2D eigenvalue weighted by Crippen LogP contribution is 2.33. The number of aryl methyl sites for hydroxylation is 2. The van der Waals surface area contributed by atoms with E-state index >= 15 is 0 Å². The van der Waals surface area contributed by atoms with Gasteiger partial charge in [-0.1, -0.05) is 18.2 Å². The number of fused-ring (bicyclic) bond motifs is 1. The summed E-state index contributed by atoms with van der Waals surface area (Å²) in [6.45, 7) is 8.11. The summed E-state index contributed by atoms with van der Waals surface area (Å²) in [6.07, 6.45) is 6.24. The molecule has 2 heterocycles. The highest BCUT2D eigenvalue weighted by molar-refractivity contribution is 7.18. The van der Waals surface area contributed by atoms with Gasteiger partial charge in [-0.3, -0.25) is 0 Å². The topological polar surface area (TPSA) is 43.3 Å². The van der Waals surface area contributed by atoms with E-state index in [4.69, 9.17) is 5.73 Å². The average Bonchev–Trinajstić information content (AvgIpc) is 2.74. The maximum atomic E-state index is 6.03. The molecule has 0 saturated carbocycles. The Morgan fingerprint density at radius 2 is 2.06 bits per heavy atom. The third-order valence-electron chi connectivity index (χ3n) is 2.79. The molecule has 0 aromatic carbocycles. The average molecular weight is 247 g/mol. The lowest BCUT2D eigenvalue weighted by Crippen LogP contribution is -1.93. The Labute approximate surface area is 105 Å². The zero-order valence-electron chi connectivity index (χ0n) is 10.6. The van der Waals surface area contributed by atoms with Crippen LogP contribution in [0.4, 0.5) is 5.69 Å². The molecule has 0 spiro atoms. The van der Waals surface area contributed by atoms with Crippen LogP contribution in [0.5, 0.6) is 0 Å². The maximum Gasteiger partial charge on any atom is 0.143 e. The predicted molar refractivity (Wildman–Crippen MR) is 75.4 cm³/mol.